The lowest BCUT2D eigenvalue weighted by atomic mass is 10.0. The van der Waals surface area contributed by atoms with E-state index >= 15 is 0 Å². The van der Waals surface area contributed by atoms with Crippen molar-refractivity contribution in [1.82, 2.24) is 10.1 Å². The minimum Gasteiger partial charge on any atom is -0.497 e. The molecule has 0 aliphatic rings. The number of aryl methyl sites for hydroxylation is 1. The van der Waals surface area contributed by atoms with Gasteiger partial charge in [0.1, 0.15) is 28.3 Å². The minimum absolute atomic E-state index is 0.0896. The van der Waals surface area contributed by atoms with E-state index in [-0.39, 0.29) is 22.9 Å². The molecule has 2 aromatic heterocycles. The summed E-state index contributed by atoms with van der Waals surface area (Å²) in [7, 11) is 1.53. The number of nitrogens with one attached hydrogen (secondary N) is 2. The van der Waals surface area contributed by atoms with E-state index in [0.717, 1.165) is 11.1 Å². The molecule has 0 spiro atoms. The van der Waals surface area contributed by atoms with Crippen molar-refractivity contribution in [3.05, 3.63) is 77.4 Å². The molecule has 2 aromatic carbocycles. The first kappa shape index (κ1) is 27.2. The Hall–Kier alpha value is -4.86. The van der Waals surface area contributed by atoms with Crippen LogP contribution in [0, 0.1) is 6.92 Å². The molecule has 0 atom stereocenters. The number of benzene rings is 2. The van der Waals surface area contributed by atoms with Gasteiger partial charge in [-0.15, -0.1) is 0 Å². The number of carbonyl (C=O) groups is 3. The van der Waals surface area contributed by atoms with Crippen molar-refractivity contribution in [2.75, 3.05) is 30.8 Å². The van der Waals surface area contributed by atoms with Gasteiger partial charge in [-0.25, -0.2) is 0 Å². The first-order valence-corrected chi connectivity index (χ1v) is 12.5. The number of allylic oxidation sites excluding steroid dienone is 1. The van der Waals surface area contributed by atoms with Crippen LogP contribution in [0.25, 0.3) is 16.5 Å². The number of nitrogens with zero attached hydrogens (tertiary/aromatic N) is 2. The van der Waals surface area contributed by atoms with E-state index in [0.29, 0.717) is 41.3 Å². The lowest BCUT2D eigenvalue weighted by Gasteiger charge is -2.16. The molecule has 10 nitrogen and oxygen atoms in total. The molecule has 202 valence electrons. The summed E-state index contributed by atoms with van der Waals surface area (Å²) >= 11 is 0. The number of aromatic nitrogens is 1. The summed E-state index contributed by atoms with van der Waals surface area (Å²) in [5.41, 5.74) is 2.74. The number of furan rings is 1. The molecule has 0 unspecified atom stereocenters. The highest BCUT2D eigenvalue weighted by molar-refractivity contribution is 6.17. The number of ether oxygens (including phenoxy) is 1. The molecule has 4 aromatic rings. The summed E-state index contributed by atoms with van der Waals surface area (Å²) in [5.74, 6) is -0.367. The van der Waals surface area contributed by atoms with Gasteiger partial charge in [0.05, 0.1) is 13.3 Å². The van der Waals surface area contributed by atoms with Crippen LogP contribution < -0.4 is 15.4 Å². The van der Waals surface area contributed by atoms with Gasteiger partial charge in [0.2, 0.25) is 11.7 Å². The molecule has 2 N–H and O–H groups in total. The molecular weight excluding hydrogens is 500 g/mol. The summed E-state index contributed by atoms with van der Waals surface area (Å²) in [6, 6.07) is 12.1. The zero-order valence-electron chi connectivity index (χ0n) is 22.5. The highest BCUT2D eigenvalue weighted by Gasteiger charge is 2.25. The van der Waals surface area contributed by atoms with Crippen LogP contribution in [-0.4, -0.2) is 48.0 Å². The summed E-state index contributed by atoms with van der Waals surface area (Å²) in [6.45, 7) is 8.50. The van der Waals surface area contributed by atoms with Gasteiger partial charge in [-0.05, 0) is 63.1 Å². The largest absolute Gasteiger partial charge is 0.497 e. The number of fused-ring (bicyclic) bond motifs is 1. The highest BCUT2D eigenvalue weighted by Crippen LogP contribution is 2.34. The highest BCUT2D eigenvalue weighted by atomic mass is 16.5. The summed E-state index contributed by atoms with van der Waals surface area (Å²) in [5, 5.41) is 9.74. The van der Waals surface area contributed by atoms with Gasteiger partial charge >= 0.3 is 0 Å². The van der Waals surface area contributed by atoms with E-state index in [4.69, 9.17) is 13.7 Å². The molecule has 0 radical (unpaired) electrons. The predicted octanol–water partition coefficient (Wildman–Crippen LogP) is 5.51. The smallest absolute Gasteiger partial charge is 0.293 e. The topological polar surface area (TPSA) is 127 Å². The zero-order chi connectivity index (χ0) is 28.1. The number of methoxy groups -OCH3 is 1. The quantitative estimate of drug-likeness (QED) is 0.273. The van der Waals surface area contributed by atoms with Crippen LogP contribution in [0.15, 0.2) is 63.7 Å². The van der Waals surface area contributed by atoms with Gasteiger partial charge < -0.3 is 29.2 Å². The van der Waals surface area contributed by atoms with Gasteiger partial charge in [-0.1, -0.05) is 17.3 Å². The zero-order valence-corrected chi connectivity index (χ0v) is 22.5. The third-order valence-electron chi connectivity index (χ3n) is 6.33. The Morgan fingerprint density at radius 1 is 1.05 bits per heavy atom. The van der Waals surface area contributed by atoms with Crippen molar-refractivity contribution in [2.24, 2.45) is 0 Å². The number of hydrogen-bond acceptors (Lipinski definition) is 7. The second-order valence-corrected chi connectivity index (χ2v) is 8.79. The van der Waals surface area contributed by atoms with Crippen LogP contribution in [0.4, 0.5) is 11.4 Å². The molecule has 0 fully saturated rings. The summed E-state index contributed by atoms with van der Waals surface area (Å²) in [4.78, 5) is 40.8. The van der Waals surface area contributed by atoms with Crippen molar-refractivity contribution >= 4 is 45.6 Å². The van der Waals surface area contributed by atoms with Crippen molar-refractivity contribution < 1.29 is 28.1 Å². The maximum atomic E-state index is 13.4. The SMILES string of the molecule is CCN(CC)C(=O)C=C(C)c1ccc2oc(C(=O)Nc3cccc(OC)c3)c(NC(=O)c3cnoc3C)c2c1. The monoisotopic (exact) mass is 530 g/mol. The van der Waals surface area contributed by atoms with Gasteiger partial charge in [-0.3, -0.25) is 14.4 Å². The summed E-state index contributed by atoms with van der Waals surface area (Å²) in [6.07, 6.45) is 2.88. The first-order chi connectivity index (χ1) is 18.7. The van der Waals surface area contributed by atoms with E-state index in [1.807, 2.05) is 20.8 Å². The minimum atomic E-state index is -0.567. The Morgan fingerprint density at radius 3 is 2.49 bits per heavy atom. The Labute approximate surface area is 225 Å². The summed E-state index contributed by atoms with van der Waals surface area (Å²) < 4.78 is 16.2. The van der Waals surface area contributed by atoms with Crippen LogP contribution in [0.1, 0.15) is 53.0 Å². The number of likely N-dealkylation sites (N-methyl/N-ethyl adjacent to an activating group) is 1. The third-order valence-corrected chi connectivity index (χ3v) is 6.33. The maximum Gasteiger partial charge on any atom is 0.293 e. The standard InChI is InChI=1S/C29H30N4O6/c1-6-33(7-2)25(34)13-17(3)19-11-12-24-22(14-19)26(32-28(35)23-16-30-39-18(23)4)27(38-24)29(36)31-20-9-8-10-21(15-20)37-5/h8-16H,6-7H2,1-5H3,(H,31,36)(H,32,35). The number of hydrogen-bond donors (Lipinski definition) is 2. The second kappa shape index (κ2) is 11.7. The Bertz CT molecular complexity index is 1560. The second-order valence-electron chi connectivity index (χ2n) is 8.79. The van der Waals surface area contributed by atoms with Crippen LogP contribution in [0.2, 0.25) is 0 Å². The molecule has 0 saturated carbocycles. The lowest BCUT2D eigenvalue weighted by molar-refractivity contribution is -0.125. The van der Waals surface area contributed by atoms with Gasteiger partial charge in [0.15, 0.2) is 0 Å². The number of rotatable bonds is 9. The fourth-order valence-corrected chi connectivity index (χ4v) is 4.11. The van der Waals surface area contributed by atoms with E-state index in [1.54, 1.807) is 60.4 Å². The molecular formula is C29H30N4O6. The van der Waals surface area contributed by atoms with Gasteiger partial charge in [0.25, 0.3) is 11.8 Å². The van der Waals surface area contributed by atoms with Crippen LogP contribution in [0.3, 0.4) is 0 Å². The van der Waals surface area contributed by atoms with E-state index < -0.39 is 11.8 Å². The molecule has 2 heterocycles. The normalized spacial score (nSPS) is 11.4. The van der Waals surface area contributed by atoms with Crippen LogP contribution in [-0.2, 0) is 4.79 Å². The fourth-order valence-electron chi connectivity index (χ4n) is 4.11. The van der Waals surface area contributed by atoms with E-state index in [9.17, 15) is 14.4 Å². The first-order valence-electron chi connectivity index (χ1n) is 12.5. The molecule has 0 aliphatic heterocycles. The fraction of sp³-hybridized carbons (Fsp3) is 0.241. The Balaban J connectivity index is 1.76. The van der Waals surface area contributed by atoms with E-state index in [1.165, 1.54) is 13.3 Å². The van der Waals surface area contributed by atoms with Crippen molar-refractivity contribution in [2.45, 2.75) is 27.7 Å². The predicted molar refractivity (Wildman–Crippen MR) is 148 cm³/mol. The van der Waals surface area contributed by atoms with Gasteiger partial charge in [-0.2, -0.15) is 0 Å². The molecule has 0 bridgehead atoms. The third kappa shape index (κ3) is 5.85. The maximum absolute atomic E-state index is 13.4. The van der Waals surface area contributed by atoms with Gasteiger partial charge in [0, 0.05) is 36.3 Å². The molecule has 0 aliphatic carbocycles. The lowest BCUT2D eigenvalue weighted by Crippen LogP contribution is -2.28. The van der Waals surface area contributed by atoms with Crippen LogP contribution in [0.5, 0.6) is 5.75 Å². The molecule has 4 rings (SSSR count). The Morgan fingerprint density at radius 2 is 1.82 bits per heavy atom. The van der Waals surface area contributed by atoms with Crippen molar-refractivity contribution in [3.63, 3.8) is 0 Å². The molecule has 3 amide bonds. The number of carbonyl (C=O) groups excluding carboxylic acids is 3. The average Bonchev–Trinajstić information content (AvgIpc) is 3.52. The molecule has 39 heavy (non-hydrogen) atoms. The van der Waals surface area contributed by atoms with E-state index in [2.05, 4.69) is 15.8 Å². The van der Waals surface area contributed by atoms with Crippen molar-refractivity contribution in [1.29, 1.82) is 0 Å². The molecule has 0 saturated heterocycles. The van der Waals surface area contributed by atoms with Crippen LogP contribution >= 0.6 is 0 Å². The van der Waals surface area contributed by atoms with Crippen molar-refractivity contribution in [3.8, 4) is 5.75 Å². The Kier molecular flexibility index (Phi) is 8.14. The molecule has 10 heteroatoms. The average molecular weight is 531 g/mol. The number of amides is 3. The number of anilines is 2.